The first-order valence-electron chi connectivity index (χ1n) is 6.42. The van der Waals surface area contributed by atoms with Crippen molar-refractivity contribution >= 4 is 0 Å². The minimum absolute atomic E-state index is 0.147. The van der Waals surface area contributed by atoms with Crippen LogP contribution in [0.15, 0.2) is 18.2 Å². The number of nitrogens with two attached hydrogens (primary N) is 1. The standard InChI is InChI=1S/C14H22F2N2O/c1-10(2)19-7-6-18(3)14(9-17)11-4-5-12(15)13(16)8-11/h4-5,8,10,14H,6-7,9,17H2,1-3H3. The van der Waals surface area contributed by atoms with Gasteiger partial charge in [0.25, 0.3) is 0 Å². The quantitative estimate of drug-likeness (QED) is 0.828. The van der Waals surface area contributed by atoms with Gasteiger partial charge >= 0.3 is 0 Å². The van der Waals surface area contributed by atoms with Crippen LogP contribution in [0, 0.1) is 11.6 Å². The minimum Gasteiger partial charge on any atom is -0.377 e. The SMILES string of the molecule is CC(C)OCCN(C)C(CN)c1ccc(F)c(F)c1. The average Bonchev–Trinajstić information content (AvgIpc) is 2.34. The van der Waals surface area contributed by atoms with Gasteiger partial charge in [0, 0.05) is 19.1 Å². The smallest absolute Gasteiger partial charge is 0.159 e. The van der Waals surface area contributed by atoms with E-state index in [4.69, 9.17) is 10.5 Å². The number of likely N-dealkylation sites (N-methyl/N-ethyl adjacent to an activating group) is 1. The van der Waals surface area contributed by atoms with Crippen LogP contribution in [0.1, 0.15) is 25.5 Å². The van der Waals surface area contributed by atoms with Crippen LogP contribution >= 0.6 is 0 Å². The normalized spacial score (nSPS) is 13.3. The fourth-order valence-electron chi connectivity index (χ4n) is 1.88. The molecule has 1 atom stereocenters. The molecule has 0 aliphatic heterocycles. The Bertz CT molecular complexity index is 399. The maximum atomic E-state index is 13.2. The molecule has 0 amide bonds. The number of rotatable bonds is 7. The largest absolute Gasteiger partial charge is 0.377 e. The molecule has 0 aliphatic carbocycles. The van der Waals surface area contributed by atoms with Crippen molar-refractivity contribution in [2.75, 3.05) is 26.7 Å². The Labute approximate surface area is 113 Å². The summed E-state index contributed by atoms with van der Waals surface area (Å²) >= 11 is 0. The van der Waals surface area contributed by atoms with Crippen LogP contribution in [0.3, 0.4) is 0 Å². The Hall–Kier alpha value is -1.04. The summed E-state index contributed by atoms with van der Waals surface area (Å²) in [6.07, 6.45) is 0.174. The van der Waals surface area contributed by atoms with Crippen molar-refractivity contribution in [2.45, 2.75) is 26.0 Å². The molecule has 0 heterocycles. The van der Waals surface area contributed by atoms with Gasteiger partial charge < -0.3 is 10.5 Å². The van der Waals surface area contributed by atoms with Crippen molar-refractivity contribution in [1.82, 2.24) is 4.90 Å². The number of halogens is 2. The molecule has 1 rings (SSSR count). The molecular weight excluding hydrogens is 250 g/mol. The maximum absolute atomic E-state index is 13.2. The molecule has 5 heteroatoms. The summed E-state index contributed by atoms with van der Waals surface area (Å²) < 4.78 is 31.6. The molecule has 0 fully saturated rings. The van der Waals surface area contributed by atoms with E-state index in [9.17, 15) is 8.78 Å². The predicted molar refractivity (Wildman–Crippen MR) is 71.9 cm³/mol. The molecule has 0 bridgehead atoms. The van der Waals surface area contributed by atoms with E-state index in [1.807, 2.05) is 25.8 Å². The maximum Gasteiger partial charge on any atom is 0.159 e. The molecule has 0 aromatic heterocycles. The summed E-state index contributed by atoms with van der Waals surface area (Å²) in [6.45, 7) is 5.53. The van der Waals surface area contributed by atoms with Gasteiger partial charge in [-0.25, -0.2) is 8.78 Å². The highest BCUT2D eigenvalue weighted by atomic mass is 19.2. The molecule has 0 saturated heterocycles. The summed E-state index contributed by atoms with van der Waals surface area (Å²) in [6, 6.07) is 3.75. The molecule has 0 spiro atoms. The van der Waals surface area contributed by atoms with Gasteiger partial charge in [-0.1, -0.05) is 6.07 Å². The Balaban J connectivity index is 2.67. The van der Waals surface area contributed by atoms with E-state index in [0.717, 1.165) is 6.07 Å². The van der Waals surface area contributed by atoms with Gasteiger partial charge in [-0.2, -0.15) is 0 Å². The van der Waals surface area contributed by atoms with Crippen molar-refractivity contribution < 1.29 is 13.5 Å². The molecule has 1 aromatic rings. The molecule has 1 unspecified atom stereocenters. The van der Waals surface area contributed by atoms with Crippen molar-refractivity contribution in [1.29, 1.82) is 0 Å². The fourth-order valence-corrected chi connectivity index (χ4v) is 1.88. The fraction of sp³-hybridized carbons (Fsp3) is 0.571. The van der Waals surface area contributed by atoms with E-state index in [-0.39, 0.29) is 12.1 Å². The average molecular weight is 272 g/mol. The topological polar surface area (TPSA) is 38.5 Å². The first kappa shape index (κ1) is 16.0. The third kappa shape index (κ3) is 4.86. The Morgan fingerprint density at radius 2 is 1.95 bits per heavy atom. The monoisotopic (exact) mass is 272 g/mol. The lowest BCUT2D eigenvalue weighted by atomic mass is 10.1. The molecule has 0 radical (unpaired) electrons. The zero-order valence-electron chi connectivity index (χ0n) is 11.7. The lowest BCUT2D eigenvalue weighted by Crippen LogP contribution is -2.33. The van der Waals surface area contributed by atoms with Gasteiger partial charge in [0.15, 0.2) is 11.6 Å². The van der Waals surface area contributed by atoms with Gasteiger partial charge in [0.05, 0.1) is 12.7 Å². The summed E-state index contributed by atoms with van der Waals surface area (Å²) in [4.78, 5) is 1.98. The summed E-state index contributed by atoms with van der Waals surface area (Å²) in [5.74, 6) is -1.69. The number of hydrogen-bond acceptors (Lipinski definition) is 3. The molecule has 2 N–H and O–H groups in total. The van der Waals surface area contributed by atoms with Gasteiger partial charge in [-0.3, -0.25) is 4.90 Å². The number of benzene rings is 1. The van der Waals surface area contributed by atoms with Crippen LogP contribution in [0.5, 0.6) is 0 Å². The van der Waals surface area contributed by atoms with Gasteiger partial charge in [-0.05, 0) is 38.6 Å². The van der Waals surface area contributed by atoms with Crippen LogP contribution in [0.4, 0.5) is 8.78 Å². The third-order valence-corrected chi connectivity index (χ3v) is 2.98. The Kier molecular flexibility index (Phi) is 6.34. The first-order chi connectivity index (χ1) is 8.95. The third-order valence-electron chi connectivity index (χ3n) is 2.98. The zero-order valence-corrected chi connectivity index (χ0v) is 11.7. The molecule has 19 heavy (non-hydrogen) atoms. The van der Waals surface area contributed by atoms with Gasteiger partial charge in [-0.15, -0.1) is 0 Å². The van der Waals surface area contributed by atoms with Crippen molar-refractivity contribution in [3.05, 3.63) is 35.4 Å². The zero-order chi connectivity index (χ0) is 14.4. The number of hydrogen-bond donors (Lipinski definition) is 1. The minimum atomic E-state index is -0.845. The highest BCUT2D eigenvalue weighted by Gasteiger charge is 2.17. The molecular formula is C14H22F2N2O. The van der Waals surface area contributed by atoms with Crippen LogP contribution in [0.25, 0.3) is 0 Å². The lowest BCUT2D eigenvalue weighted by molar-refractivity contribution is 0.0564. The highest BCUT2D eigenvalue weighted by molar-refractivity contribution is 5.21. The number of ether oxygens (including phenoxy) is 1. The van der Waals surface area contributed by atoms with Gasteiger partial charge in [0.2, 0.25) is 0 Å². The van der Waals surface area contributed by atoms with Crippen LogP contribution in [-0.2, 0) is 4.74 Å². The second-order valence-electron chi connectivity index (χ2n) is 4.83. The van der Waals surface area contributed by atoms with Crippen LogP contribution in [-0.4, -0.2) is 37.7 Å². The van der Waals surface area contributed by atoms with E-state index in [1.165, 1.54) is 6.07 Å². The van der Waals surface area contributed by atoms with Crippen molar-refractivity contribution in [2.24, 2.45) is 5.73 Å². The Morgan fingerprint density at radius 3 is 2.47 bits per heavy atom. The van der Waals surface area contributed by atoms with Crippen molar-refractivity contribution in [3.63, 3.8) is 0 Å². The molecule has 108 valence electrons. The first-order valence-corrected chi connectivity index (χ1v) is 6.42. The van der Waals surface area contributed by atoms with Crippen molar-refractivity contribution in [3.8, 4) is 0 Å². The van der Waals surface area contributed by atoms with Crippen LogP contribution in [0.2, 0.25) is 0 Å². The second kappa shape index (κ2) is 7.53. The second-order valence-corrected chi connectivity index (χ2v) is 4.83. The van der Waals surface area contributed by atoms with E-state index >= 15 is 0 Å². The van der Waals surface area contributed by atoms with E-state index < -0.39 is 11.6 Å². The molecule has 0 saturated carbocycles. The van der Waals surface area contributed by atoms with E-state index in [1.54, 1.807) is 6.07 Å². The highest BCUT2D eigenvalue weighted by Crippen LogP contribution is 2.20. The molecule has 3 nitrogen and oxygen atoms in total. The summed E-state index contributed by atoms with van der Waals surface area (Å²) in [7, 11) is 1.89. The molecule has 0 aliphatic rings. The number of nitrogens with zero attached hydrogens (tertiary/aromatic N) is 1. The summed E-state index contributed by atoms with van der Waals surface area (Å²) in [5, 5.41) is 0. The summed E-state index contributed by atoms with van der Waals surface area (Å²) in [5.41, 5.74) is 6.40. The Morgan fingerprint density at radius 1 is 1.26 bits per heavy atom. The van der Waals surface area contributed by atoms with Crippen LogP contribution < -0.4 is 5.73 Å². The molecule has 1 aromatic carbocycles. The van der Waals surface area contributed by atoms with E-state index in [0.29, 0.717) is 25.3 Å². The van der Waals surface area contributed by atoms with Gasteiger partial charge in [0.1, 0.15) is 0 Å². The van der Waals surface area contributed by atoms with E-state index in [2.05, 4.69) is 0 Å². The predicted octanol–water partition coefficient (Wildman–Crippen LogP) is 2.32. The lowest BCUT2D eigenvalue weighted by Gasteiger charge is -2.27.